The molecule has 35 heavy (non-hydrogen) atoms. The number of amides is 1. The summed E-state index contributed by atoms with van der Waals surface area (Å²) in [7, 11) is 1.58. The SMILES string of the molecule is CCOC(Cc1ccc(OCCN(CC(CC)CC)C(=O)Oc2ccc(OC)cc2)cc1)C(=O)O. The summed E-state index contributed by atoms with van der Waals surface area (Å²) >= 11 is 0. The summed E-state index contributed by atoms with van der Waals surface area (Å²) < 4.78 is 21.8. The van der Waals surface area contributed by atoms with E-state index in [1.165, 1.54) is 0 Å². The number of hydrogen-bond donors (Lipinski definition) is 1. The van der Waals surface area contributed by atoms with Gasteiger partial charge in [-0.2, -0.15) is 0 Å². The minimum absolute atomic E-state index is 0.282. The first-order valence-electron chi connectivity index (χ1n) is 12.1. The van der Waals surface area contributed by atoms with Crippen molar-refractivity contribution in [3.05, 3.63) is 54.1 Å². The molecule has 0 aliphatic heterocycles. The Morgan fingerprint density at radius 1 is 0.914 bits per heavy atom. The molecule has 0 saturated carbocycles. The number of nitrogens with zero attached hydrogens (tertiary/aromatic N) is 1. The molecule has 192 valence electrons. The van der Waals surface area contributed by atoms with Crippen molar-refractivity contribution in [1.82, 2.24) is 4.90 Å². The molecule has 0 fully saturated rings. The number of aliphatic carboxylic acids is 1. The van der Waals surface area contributed by atoms with Gasteiger partial charge in [0.15, 0.2) is 6.10 Å². The monoisotopic (exact) mass is 487 g/mol. The van der Waals surface area contributed by atoms with Gasteiger partial charge in [0.25, 0.3) is 0 Å². The molecule has 0 radical (unpaired) electrons. The molecule has 1 unspecified atom stereocenters. The minimum atomic E-state index is -0.980. The largest absolute Gasteiger partial charge is 0.497 e. The van der Waals surface area contributed by atoms with Gasteiger partial charge in [-0.1, -0.05) is 38.8 Å². The molecule has 1 N–H and O–H groups in total. The zero-order valence-corrected chi connectivity index (χ0v) is 21.1. The fourth-order valence-corrected chi connectivity index (χ4v) is 3.55. The molecule has 8 heteroatoms. The van der Waals surface area contributed by atoms with Crippen molar-refractivity contribution in [2.75, 3.05) is 33.4 Å². The molecule has 0 saturated heterocycles. The van der Waals surface area contributed by atoms with E-state index in [1.54, 1.807) is 55.3 Å². The van der Waals surface area contributed by atoms with Crippen molar-refractivity contribution >= 4 is 12.1 Å². The third kappa shape index (κ3) is 9.48. The zero-order valence-electron chi connectivity index (χ0n) is 21.1. The second kappa shape index (κ2) is 14.9. The van der Waals surface area contributed by atoms with E-state index in [2.05, 4.69) is 13.8 Å². The lowest BCUT2D eigenvalue weighted by Gasteiger charge is -2.26. The van der Waals surface area contributed by atoms with Gasteiger partial charge in [0, 0.05) is 19.6 Å². The van der Waals surface area contributed by atoms with Crippen molar-refractivity contribution in [3.8, 4) is 17.2 Å². The second-order valence-corrected chi connectivity index (χ2v) is 8.15. The van der Waals surface area contributed by atoms with Crippen LogP contribution in [0.15, 0.2) is 48.5 Å². The Morgan fingerprint density at radius 2 is 1.51 bits per heavy atom. The van der Waals surface area contributed by atoms with Crippen LogP contribution in [-0.2, 0) is 16.0 Å². The maximum absolute atomic E-state index is 12.9. The van der Waals surface area contributed by atoms with Crippen molar-refractivity contribution in [2.24, 2.45) is 5.92 Å². The Balaban J connectivity index is 1.95. The summed E-state index contributed by atoms with van der Waals surface area (Å²) in [6.07, 6.45) is 0.914. The molecule has 2 aromatic carbocycles. The van der Waals surface area contributed by atoms with Crippen LogP contribution in [0.3, 0.4) is 0 Å². The maximum atomic E-state index is 12.9. The number of methoxy groups -OCH3 is 1. The van der Waals surface area contributed by atoms with Crippen LogP contribution in [0.4, 0.5) is 4.79 Å². The molecule has 2 aromatic rings. The number of rotatable bonds is 15. The van der Waals surface area contributed by atoms with Crippen LogP contribution in [0.5, 0.6) is 17.2 Å². The predicted molar refractivity (Wildman–Crippen MR) is 133 cm³/mol. The van der Waals surface area contributed by atoms with Crippen LogP contribution in [0, 0.1) is 5.92 Å². The highest BCUT2D eigenvalue weighted by Gasteiger charge is 2.20. The first-order chi connectivity index (χ1) is 16.9. The summed E-state index contributed by atoms with van der Waals surface area (Å²) in [6.45, 7) is 7.59. The fourth-order valence-electron chi connectivity index (χ4n) is 3.55. The molecule has 8 nitrogen and oxygen atoms in total. The van der Waals surface area contributed by atoms with E-state index in [9.17, 15) is 14.7 Å². The van der Waals surface area contributed by atoms with Crippen LogP contribution in [0.1, 0.15) is 39.2 Å². The van der Waals surface area contributed by atoms with Gasteiger partial charge in [-0.05, 0) is 54.8 Å². The highest BCUT2D eigenvalue weighted by molar-refractivity contribution is 5.72. The van der Waals surface area contributed by atoms with E-state index in [0.717, 1.165) is 18.4 Å². The molecule has 1 atom stereocenters. The van der Waals surface area contributed by atoms with Gasteiger partial charge in [-0.3, -0.25) is 0 Å². The summed E-state index contributed by atoms with van der Waals surface area (Å²) in [5.41, 5.74) is 0.844. The van der Waals surface area contributed by atoms with Crippen LogP contribution >= 0.6 is 0 Å². The first kappa shape index (κ1) is 28.0. The predicted octanol–water partition coefficient (Wildman–Crippen LogP) is 5.04. The third-order valence-electron chi connectivity index (χ3n) is 5.77. The molecule has 1 amide bonds. The summed E-state index contributed by atoms with van der Waals surface area (Å²) in [5.74, 6) is 1.17. The Labute approximate surface area is 207 Å². The van der Waals surface area contributed by atoms with Gasteiger partial charge < -0.3 is 29.0 Å². The Hall–Kier alpha value is -3.26. The maximum Gasteiger partial charge on any atom is 0.415 e. The topological polar surface area (TPSA) is 94.5 Å². The van der Waals surface area contributed by atoms with Crippen LogP contribution in [0.25, 0.3) is 0 Å². The third-order valence-corrected chi connectivity index (χ3v) is 5.77. The highest BCUT2D eigenvalue weighted by Crippen LogP contribution is 2.19. The lowest BCUT2D eigenvalue weighted by atomic mass is 10.0. The molecule has 0 aromatic heterocycles. The van der Waals surface area contributed by atoms with E-state index >= 15 is 0 Å². The van der Waals surface area contributed by atoms with Gasteiger partial charge >= 0.3 is 12.1 Å². The van der Waals surface area contributed by atoms with E-state index in [-0.39, 0.29) is 6.42 Å². The van der Waals surface area contributed by atoms with Crippen LogP contribution < -0.4 is 14.2 Å². The lowest BCUT2D eigenvalue weighted by molar-refractivity contribution is -0.149. The van der Waals surface area contributed by atoms with Gasteiger partial charge in [0.1, 0.15) is 23.9 Å². The lowest BCUT2D eigenvalue weighted by Crippen LogP contribution is -2.40. The first-order valence-corrected chi connectivity index (χ1v) is 12.1. The number of hydrogen-bond acceptors (Lipinski definition) is 6. The quantitative estimate of drug-likeness (QED) is 0.376. The van der Waals surface area contributed by atoms with Crippen molar-refractivity contribution in [3.63, 3.8) is 0 Å². The Morgan fingerprint density at radius 3 is 2.06 bits per heavy atom. The highest BCUT2D eigenvalue weighted by atomic mass is 16.6. The number of benzene rings is 2. The van der Waals surface area contributed by atoms with E-state index in [4.69, 9.17) is 18.9 Å². The summed E-state index contributed by atoms with van der Waals surface area (Å²) in [5, 5.41) is 9.25. The molecule has 0 heterocycles. The number of carbonyl (C=O) groups excluding carboxylic acids is 1. The number of ether oxygens (including phenoxy) is 4. The van der Waals surface area contributed by atoms with Crippen molar-refractivity contribution < 1.29 is 33.6 Å². The minimum Gasteiger partial charge on any atom is -0.497 e. The average Bonchev–Trinajstić information content (AvgIpc) is 2.87. The molecule has 0 spiro atoms. The zero-order chi connectivity index (χ0) is 25.6. The molecule has 0 aliphatic carbocycles. The fraction of sp³-hybridized carbons (Fsp3) is 0.481. The van der Waals surface area contributed by atoms with Gasteiger partial charge in [0.2, 0.25) is 0 Å². The standard InChI is InChI=1S/C27H37NO7/c1-5-20(6-2)19-28(27(31)35-24-14-12-22(32-4)13-15-24)16-17-34-23-10-8-21(9-11-23)18-25(26(29)30)33-7-3/h8-15,20,25H,5-7,16-19H2,1-4H3,(H,29,30). The van der Waals surface area contributed by atoms with Crippen molar-refractivity contribution in [1.29, 1.82) is 0 Å². The second-order valence-electron chi connectivity index (χ2n) is 8.15. The van der Waals surface area contributed by atoms with E-state index < -0.39 is 18.2 Å². The molecule has 2 rings (SSSR count). The number of carbonyl (C=O) groups is 2. The Bertz CT molecular complexity index is 895. The molecule has 0 aliphatic rings. The molecule has 0 bridgehead atoms. The number of carboxylic acids is 1. The summed E-state index contributed by atoms with van der Waals surface area (Å²) in [4.78, 5) is 25.9. The van der Waals surface area contributed by atoms with Gasteiger partial charge in [-0.15, -0.1) is 0 Å². The van der Waals surface area contributed by atoms with E-state index in [0.29, 0.717) is 49.5 Å². The van der Waals surface area contributed by atoms with Crippen LogP contribution in [-0.4, -0.2) is 61.6 Å². The normalized spacial score (nSPS) is 11.7. The Kier molecular flexibility index (Phi) is 11.9. The smallest absolute Gasteiger partial charge is 0.415 e. The van der Waals surface area contributed by atoms with Gasteiger partial charge in [0.05, 0.1) is 13.7 Å². The van der Waals surface area contributed by atoms with Crippen molar-refractivity contribution in [2.45, 2.75) is 46.1 Å². The van der Waals surface area contributed by atoms with E-state index in [1.807, 2.05) is 12.1 Å². The molecular formula is C27H37NO7. The van der Waals surface area contributed by atoms with Gasteiger partial charge in [-0.25, -0.2) is 9.59 Å². The van der Waals surface area contributed by atoms with Crippen LogP contribution in [0.2, 0.25) is 0 Å². The molecular weight excluding hydrogens is 450 g/mol. The average molecular weight is 488 g/mol. The summed E-state index contributed by atoms with van der Waals surface area (Å²) in [6, 6.07) is 14.1. The number of carboxylic acid groups (broad SMARTS) is 1.